The first-order chi connectivity index (χ1) is 9.75. The number of nitrogens with zero attached hydrogens (tertiary/aromatic N) is 1. The summed E-state index contributed by atoms with van der Waals surface area (Å²) in [6.07, 6.45) is 7.03. The van der Waals surface area contributed by atoms with Gasteiger partial charge in [-0.15, -0.1) is 0 Å². The minimum Gasteiger partial charge on any atom is -0.346 e. The average molecular weight is 279 g/mol. The van der Waals surface area contributed by atoms with Gasteiger partial charge in [0.15, 0.2) is 0 Å². The molecule has 0 bridgehead atoms. The molecule has 5 heteroatoms. The van der Waals surface area contributed by atoms with E-state index in [9.17, 15) is 9.59 Å². The molecule has 0 aromatic rings. The lowest BCUT2D eigenvalue weighted by Crippen LogP contribution is -2.48. The monoisotopic (exact) mass is 279 g/mol. The largest absolute Gasteiger partial charge is 0.346 e. The van der Waals surface area contributed by atoms with Gasteiger partial charge in [-0.3, -0.25) is 9.59 Å². The van der Waals surface area contributed by atoms with E-state index in [2.05, 4.69) is 10.6 Å². The smallest absolute Gasteiger partial charge is 0.241 e. The van der Waals surface area contributed by atoms with E-state index in [4.69, 9.17) is 0 Å². The Morgan fingerprint density at radius 3 is 2.70 bits per heavy atom. The molecule has 3 aliphatic rings. The summed E-state index contributed by atoms with van der Waals surface area (Å²) in [6, 6.07) is -0.0725. The SMILES string of the molecule is O=C(NCC(=O)N1CCCCC1)C1NCC2CCCC21. The number of fused-ring (bicyclic) bond motifs is 1. The summed E-state index contributed by atoms with van der Waals surface area (Å²) in [7, 11) is 0. The van der Waals surface area contributed by atoms with Crippen LogP contribution in [-0.2, 0) is 9.59 Å². The summed E-state index contributed by atoms with van der Waals surface area (Å²) >= 11 is 0. The maximum absolute atomic E-state index is 12.2. The summed E-state index contributed by atoms with van der Waals surface area (Å²) in [5.41, 5.74) is 0. The first-order valence-electron chi connectivity index (χ1n) is 8.04. The lowest BCUT2D eigenvalue weighted by atomic mass is 9.93. The van der Waals surface area contributed by atoms with E-state index in [-0.39, 0.29) is 24.4 Å². The molecule has 5 nitrogen and oxygen atoms in total. The molecule has 3 unspecified atom stereocenters. The van der Waals surface area contributed by atoms with Crippen molar-refractivity contribution in [1.82, 2.24) is 15.5 Å². The van der Waals surface area contributed by atoms with E-state index >= 15 is 0 Å². The van der Waals surface area contributed by atoms with Crippen molar-refractivity contribution in [3.8, 4) is 0 Å². The molecule has 0 aromatic heterocycles. The second kappa shape index (κ2) is 6.12. The highest BCUT2D eigenvalue weighted by atomic mass is 16.2. The highest BCUT2D eigenvalue weighted by Gasteiger charge is 2.42. The molecule has 1 aliphatic carbocycles. The van der Waals surface area contributed by atoms with Crippen molar-refractivity contribution in [2.45, 2.75) is 44.6 Å². The molecule has 2 amide bonds. The molecule has 0 spiro atoms. The predicted octanol–water partition coefficient (Wildman–Crippen LogP) is 0.503. The number of rotatable bonds is 3. The Labute approximate surface area is 120 Å². The van der Waals surface area contributed by atoms with Crippen LogP contribution in [-0.4, -0.2) is 48.9 Å². The molecule has 2 aliphatic heterocycles. The molecule has 0 aromatic carbocycles. The van der Waals surface area contributed by atoms with Crippen molar-refractivity contribution >= 4 is 11.8 Å². The van der Waals surface area contributed by atoms with Crippen molar-refractivity contribution in [3.05, 3.63) is 0 Å². The fourth-order valence-corrected chi connectivity index (χ4v) is 4.00. The van der Waals surface area contributed by atoms with Crippen LogP contribution in [0.3, 0.4) is 0 Å². The predicted molar refractivity (Wildman–Crippen MR) is 76.1 cm³/mol. The van der Waals surface area contributed by atoms with E-state index in [1.165, 1.54) is 19.3 Å². The number of nitrogens with one attached hydrogen (secondary N) is 2. The third kappa shape index (κ3) is 2.82. The Morgan fingerprint density at radius 1 is 1.10 bits per heavy atom. The Morgan fingerprint density at radius 2 is 1.90 bits per heavy atom. The van der Waals surface area contributed by atoms with Gasteiger partial charge in [0, 0.05) is 13.1 Å². The normalized spacial score (nSPS) is 33.0. The molecule has 3 fully saturated rings. The minimum absolute atomic E-state index is 0.0183. The molecule has 20 heavy (non-hydrogen) atoms. The average Bonchev–Trinajstić information content (AvgIpc) is 3.08. The van der Waals surface area contributed by atoms with E-state index in [0.29, 0.717) is 11.8 Å². The quantitative estimate of drug-likeness (QED) is 0.791. The number of piperidine rings is 1. The lowest BCUT2D eigenvalue weighted by molar-refractivity contribution is -0.134. The molecule has 1 saturated carbocycles. The van der Waals surface area contributed by atoms with Crippen molar-refractivity contribution in [2.75, 3.05) is 26.2 Å². The van der Waals surface area contributed by atoms with E-state index < -0.39 is 0 Å². The van der Waals surface area contributed by atoms with Crippen LogP contribution in [0.4, 0.5) is 0 Å². The molecule has 3 rings (SSSR count). The van der Waals surface area contributed by atoms with Crippen LogP contribution in [0.2, 0.25) is 0 Å². The van der Waals surface area contributed by atoms with Crippen molar-refractivity contribution in [2.24, 2.45) is 11.8 Å². The maximum Gasteiger partial charge on any atom is 0.241 e. The van der Waals surface area contributed by atoms with E-state index in [1.54, 1.807) is 0 Å². The Kier molecular flexibility index (Phi) is 4.24. The zero-order valence-corrected chi connectivity index (χ0v) is 12.1. The van der Waals surface area contributed by atoms with Gasteiger partial charge < -0.3 is 15.5 Å². The van der Waals surface area contributed by atoms with Crippen LogP contribution in [0.15, 0.2) is 0 Å². The zero-order chi connectivity index (χ0) is 13.9. The van der Waals surface area contributed by atoms with E-state index in [1.807, 2.05) is 4.90 Å². The molecular formula is C15H25N3O2. The summed E-state index contributed by atoms with van der Waals surface area (Å²) in [4.78, 5) is 26.1. The highest BCUT2D eigenvalue weighted by molar-refractivity contribution is 5.88. The number of hydrogen-bond donors (Lipinski definition) is 2. The summed E-state index contributed by atoms with van der Waals surface area (Å²) in [5, 5.41) is 6.17. The van der Waals surface area contributed by atoms with Crippen LogP contribution >= 0.6 is 0 Å². The van der Waals surface area contributed by atoms with Crippen LogP contribution in [0, 0.1) is 11.8 Å². The number of carbonyl (C=O) groups excluding carboxylic acids is 2. The Hall–Kier alpha value is -1.10. The van der Waals surface area contributed by atoms with Gasteiger partial charge in [0.2, 0.25) is 11.8 Å². The minimum atomic E-state index is -0.0725. The standard InChI is InChI=1S/C15H25N3O2/c19-13(18-7-2-1-3-8-18)10-17-15(20)14-12-6-4-5-11(12)9-16-14/h11-12,14,16H,1-10H2,(H,17,20). The van der Waals surface area contributed by atoms with Gasteiger partial charge in [-0.2, -0.15) is 0 Å². The molecule has 2 saturated heterocycles. The Balaban J connectivity index is 1.46. The third-order valence-electron chi connectivity index (χ3n) is 5.15. The lowest BCUT2D eigenvalue weighted by Gasteiger charge is -2.27. The Bertz CT molecular complexity index is 379. The maximum atomic E-state index is 12.2. The molecular weight excluding hydrogens is 254 g/mol. The van der Waals surface area contributed by atoms with E-state index in [0.717, 1.165) is 38.9 Å². The topological polar surface area (TPSA) is 61.4 Å². The fraction of sp³-hybridized carbons (Fsp3) is 0.867. The van der Waals surface area contributed by atoms with Crippen LogP contribution in [0.25, 0.3) is 0 Å². The van der Waals surface area contributed by atoms with Crippen molar-refractivity contribution in [3.63, 3.8) is 0 Å². The summed E-state index contributed by atoms with van der Waals surface area (Å²) in [6.45, 7) is 2.82. The summed E-state index contributed by atoms with van der Waals surface area (Å²) in [5.74, 6) is 1.24. The van der Waals surface area contributed by atoms with Gasteiger partial charge in [-0.25, -0.2) is 0 Å². The molecule has 3 atom stereocenters. The van der Waals surface area contributed by atoms with Gasteiger partial charge in [0.05, 0.1) is 12.6 Å². The van der Waals surface area contributed by atoms with Gasteiger partial charge in [-0.1, -0.05) is 6.42 Å². The second-order valence-corrected chi connectivity index (χ2v) is 6.40. The van der Waals surface area contributed by atoms with Gasteiger partial charge >= 0.3 is 0 Å². The fourth-order valence-electron chi connectivity index (χ4n) is 4.00. The number of carbonyl (C=O) groups is 2. The first-order valence-corrected chi connectivity index (χ1v) is 8.04. The molecule has 112 valence electrons. The molecule has 0 radical (unpaired) electrons. The second-order valence-electron chi connectivity index (χ2n) is 6.40. The van der Waals surface area contributed by atoms with Gasteiger partial charge in [-0.05, 0) is 50.5 Å². The van der Waals surface area contributed by atoms with Crippen LogP contribution < -0.4 is 10.6 Å². The number of hydrogen-bond acceptors (Lipinski definition) is 3. The van der Waals surface area contributed by atoms with Gasteiger partial charge in [0.25, 0.3) is 0 Å². The van der Waals surface area contributed by atoms with Crippen molar-refractivity contribution < 1.29 is 9.59 Å². The highest BCUT2D eigenvalue weighted by Crippen LogP contribution is 2.37. The number of amides is 2. The third-order valence-corrected chi connectivity index (χ3v) is 5.15. The van der Waals surface area contributed by atoms with Crippen molar-refractivity contribution in [1.29, 1.82) is 0 Å². The van der Waals surface area contributed by atoms with Gasteiger partial charge in [0.1, 0.15) is 0 Å². The molecule has 2 N–H and O–H groups in total. The first kappa shape index (κ1) is 13.9. The van der Waals surface area contributed by atoms with Crippen LogP contribution in [0.1, 0.15) is 38.5 Å². The van der Waals surface area contributed by atoms with Crippen LogP contribution in [0.5, 0.6) is 0 Å². The zero-order valence-electron chi connectivity index (χ0n) is 12.1. The summed E-state index contributed by atoms with van der Waals surface area (Å²) < 4.78 is 0. The number of likely N-dealkylation sites (tertiary alicyclic amines) is 1. The molecule has 2 heterocycles.